The average Bonchev–Trinajstić information content (AvgIpc) is 2.79. The number of benzene rings is 1. The number of oxazole rings is 1. The smallest absolute Gasteiger partial charge is 0.194 e. The molecule has 3 nitrogen and oxygen atoms in total. The lowest BCUT2D eigenvalue weighted by molar-refractivity contribution is 0.495. The van der Waals surface area contributed by atoms with Crippen LogP contribution in [0, 0.1) is 0 Å². The Balaban J connectivity index is 2.04. The summed E-state index contributed by atoms with van der Waals surface area (Å²) in [5.41, 5.74) is 1.06. The Labute approximate surface area is 109 Å². The van der Waals surface area contributed by atoms with Crippen LogP contribution in [0.5, 0.6) is 0 Å². The molecule has 0 saturated carbocycles. The zero-order valence-corrected chi connectivity index (χ0v) is 11.3. The lowest BCUT2D eigenvalue weighted by Crippen LogP contribution is -2.08. The van der Waals surface area contributed by atoms with Crippen LogP contribution in [0.3, 0.4) is 0 Å². The highest BCUT2D eigenvalue weighted by Gasteiger charge is 2.05. The second kappa shape index (κ2) is 5.98. The maximum Gasteiger partial charge on any atom is 0.194 e. The van der Waals surface area contributed by atoms with Crippen molar-refractivity contribution in [3.05, 3.63) is 40.8 Å². The molecule has 2 aromatic rings. The maximum atomic E-state index is 5.70. The fraction of sp³-hybridized carbons (Fsp3) is 0.308. The van der Waals surface area contributed by atoms with Crippen molar-refractivity contribution in [1.29, 1.82) is 0 Å². The first-order chi connectivity index (χ1) is 8.29. The minimum Gasteiger partial charge on any atom is -0.441 e. The first-order valence-electron chi connectivity index (χ1n) is 5.65. The fourth-order valence-corrected chi connectivity index (χ4v) is 1.85. The van der Waals surface area contributed by atoms with E-state index in [2.05, 4.69) is 26.2 Å². The van der Waals surface area contributed by atoms with Crippen LogP contribution in [0.4, 0.5) is 0 Å². The monoisotopic (exact) mass is 294 g/mol. The van der Waals surface area contributed by atoms with Gasteiger partial charge in [0.25, 0.3) is 0 Å². The van der Waals surface area contributed by atoms with E-state index in [1.165, 1.54) is 0 Å². The molecule has 17 heavy (non-hydrogen) atoms. The molecule has 1 aromatic heterocycles. The summed E-state index contributed by atoms with van der Waals surface area (Å²) in [6, 6.07) is 8.03. The molecule has 0 bridgehead atoms. The van der Waals surface area contributed by atoms with Crippen LogP contribution in [-0.2, 0) is 6.42 Å². The Bertz CT molecular complexity index is 465. The van der Waals surface area contributed by atoms with E-state index in [0.29, 0.717) is 0 Å². The molecule has 0 aliphatic carbocycles. The predicted octanol–water partition coefficient (Wildman–Crippen LogP) is 3.26. The average molecular weight is 295 g/mol. The molecule has 0 saturated heterocycles. The first kappa shape index (κ1) is 12.3. The summed E-state index contributed by atoms with van der Waals surface area (Å²) < 4.78 is 6.77. The number of rotatable bonds is 5. The minimum absolute atomic E-state index is 0.804. The van der Waals surface area contributed by atoms with Gasteiger partial charge in [-0.25, -0.2) is 4.98 Å². The van der Waals surface area contributed by atoms with Crippen molar-refractivity contribution in [2.75, 3.05) is 13.6 Å². The van der Waals surface area contributed by atoms with E-state index in [9.17, 15) is 0 Å². The Morgan fingerprint density at radius 2 is 2.06 bits per heavy atom. The predicted molar refractivity (Wildman–Crippen MR) is 71.9 cm³/mol. The van der Waals surface area contributed by atoms with Crippen molar-refractivity contribution < 1.29 is 4.42 Å². The number of hydrogen-bond donors (Lipinski definition) is 1. The summed E-state index contributed by atoms with van der Waals surface area (Å²) in [5, 5.41) is 3.11. The molecule has 90 valence electrons. The number of nitrogens with one attached hydrogen (secondary N) is 1. The van der Waals surface area contributed by atoms with E-state index in [0.717, 1.165) is 41.1 Å². The Morgan fingerprint density at radius 1 is 1.29 bits per heavy atom. The topological polar surface area (TPSA) is 38.1 Å². The lowest BCUT2D eigenvalue weighted by atomic mass is 10.2. The molecule has 0 aliphatic rings. The van der Waals surface area contributed by atoms with Crippen LogP contribution >= 0.6 is 15.9 Å². The maximum absolute atomic E-state index is 5.70. The normalized spacial score (nSPS) is 10.7. The molecule has 0 aliphatic heterocycles. The molecule has 0 unspecified atom stereocenters. The van der Waals surface area contributed by atoms with Crippen molar-refractivity contribution in [2.24, 2.45) is 0 Å². The van der Waals surface area contributed by atoms with Gasteiger partial charge in [-0.2, -0.15) is 0 Å². The van der Waals surface area contributed by atoms with Gasteiger partial charge in [0.15, 0.2) is 11.7 Å². The van der Waals surface area contributed by atoms with Crippen LogP contribution in [0.25, 0.3) is 11.3 Å². The third kappa shape index (κ3) is 3.41. The van der Waals surface area contributed by atoms with Gasteiger partial charge in [-0.05, 0) is 32.1 Å². The second-order valence-corrected chi connectivity index (χ2v) is 4.75. The van der Waals surface area contributed by atoms with Gasteiger partial charge in [0, 0.05) is 16.5 Å². The third-order valence-electron chi connectivity index (χ3n) is 2.50. The van der Waals surface area contributed by atoms with Crippen LogP contribution < -0.4 is 5.32 Å². The molecule has 0 amide bonds. The molecule has 2 rings (SSSR count). The van der Waals surface area contributed by atoms with Gasteiger partial charge in [-0.1, -0.05) is 28.1 Å². The first-order valence-corrected chi connectivity index (χ1v) is 6.44. The standard InChI is InChI=1S/C13H15BrN2O/c1-15-8-2-3-13-16-9-12(17-13)10-4-6-11(14)7-5-10/h4-7,9,15H,2-3,8H2,1H3. The molecular formula is C13H15BrN2O. The zero-order valence-electron chi connectivity index (χ0n) is 9.74. The Kier molecular flexibility index (Phi) is 4.34. The Hall–Kier alpha value is -1.13. The molecule has 4 heteroatoms. The minimum atomic E-state index is 0.804. The van der Waals surface area contributed by atoms with Crippen LogP contribution in [0.2, 0.25) is 0 Å². The highest BCUT2D eigenvalue weighted by atomic mass is 79.9. The van der Waals surface area contributed by atoms with E-state index in [-0.39, 0.29) is 0 Å². The largest absolute Gasteiger partial charge is 0.441 e. The van der Waals surface area contributed by atoms with Gasteiger partial charge in [-0.3, -0.25) is 0 Å². The SMILES string of the molecule is CNCCCc1ncc(-c2ccc(Br)cc2)o1. The third-order valence-corrected chi connectivity index (χ3v) is 3.03. The molecular weight excluding hydrogens is 280 g/mol. The van der Waals surface area contributed by atoms with Crippen molar-refractivity contribution in [1.82, 2.24) is 10.3 Å². The molecule has 0 atom stereocenters. The van der Waals surface area contributed by atoms with Crippen LogP contribution in [0.15, 0.2) is 39.4 Å². The molecule has 1 N–H and O–H groups in total. The van der Waals surface area contributed by atoms with E-state index >= 15 is 0 Å². The van der Waals surface area contributed by atoms with Gasteiger partial charge in [0.05, 0.1) is 6.20 Å². The summed E-state index contributed by atoms with van der Waals surface area (Å²) in [7, 11) is 1.95. The summed E-state index contributed by atoms with van der Waals surface area (Å²) in [4.78, 5) is 4.28. The van der Waals surface area contributed by atoms with Crippen LogP contribution in [0.1, 0.15) is 12.3 Å². The van der Waals surface area contributed by atoms with E-state index < -0.39 is 0 Å². The summed E-state index contributed by atoms with van der Waals surface area (Å²) >= 11 is 3.41. The number of halogens is 1. The van der Waals surface area contributed by atoms with Crippen LogP contribution in [-0.4, -0.2) is 18.6 Å². The molecule has 0 fully saturated rings. The highest BCUT2D eigenvalue weighted by Crippen LogP contribution is 2.22. The fourth-order valence-electron chi connectivity index (χ4n) is 1.59. The summed E-state index contributed by atoms with van der Waals surface area (Å²) in [6.45, 7) is 0.982. The van der Waals surface area contributed by atoms with Gasteiger partial charge in [-0.15, -0.1) is 0 Å². The van der Waals surface area contributed by atoms with E-state index in [4.69, 9.17) is 4.42 Å². The number of aryl methyl sites for hydroxylation is 1. The summed E-state index contributed by atoms with van der Waals surface area (Å²) in [5.74, 6) is 1.63. The number of nitrogens with zero attached hydrogens (tertiary/aromatic N) is 1. The van der Waals surface area contributed by atoms with Crippen molar-refractivity contribution >= 4 is 15.9 Å². The van der Waals surface area contributed by atoms with Gasteiger partial charge in [0.1, 0.15) is 0 Å². The van der Waals surface area contributed by atoms with Gasteiger partial charge >= 0.3 is 0 Å². The molecule has 0 spiro atoms. The highest BCUT2D eigenvalue weighted by molar-refractivity contribution is 9.10. The number of aromatic nitrogens is 1. The van der Waals surface area contributed by atoms with Gasteiger partial charge in [0.2, 0.25) is 0 Å². The van der Waals surface area contributed by atoms with Crippen molar-refractivity contribution in [3.63, 3.8) is 0 Å². The summed E-state index contributed by atoms with van der Waals surface area (Å²) in [6.07, 6.45) is 3.70. The van der Waals surface area contributed by atoms with E-state index in [1.54, 1.807) is 6.20 Å². The molecule has 0 radical (unpaired) electrons. The molecule has 1 heterocycles. The lowest BCUT2D eigenvalue weighted by Gasteiger charge is -1.97. The molecule has 1 aromatic carbocycles. The van der Waals surface area contributed by atoms with Crippen molar-refractivity contribution in [3.8, 4) is 11.3 Å². The van der Waals surface area contributed by atoms with E-state index in [1.807, 2.05) is 31.3 Å². The quantitative estimate of drug-likeness (QED) is 0.860. The Morgan fingerprint density at radius 3 is 2.76 bits per heavy atom. The number of hydrogen-bond acceptors (Lipinski definition) is 3. The second-order valence-electron chi connectivity index (χ2n) is 3.83. The zero-order chi connectivity index (χ0) is 12.1. The van der Waals surface area contributed by atoms with Crippen molar-refractivity contribution in [2.45, 2.75) is 12.8 Å². The van der Waals surface area contributed by atoms with Gasteiger partial charge < -0.3 is 9.73 Å².